The molecular weight excluding hydrogens is 417 g/mol. The molecule has 2 aromatic carbocycles. The molecule has 5 nitrogen and oxygen atoms in total. The Morgan fingerprint density at radius 2 is 1.90 bits per heavy atom. The second-order valence-electron chi connectivity index (χ2n) is 8.75. The molecule has 1 N–H and O–H groups in total. The summed E-state index contributed by atoms with van der Waals surface area (Å²) in [5, 5.41) is 7.93. The van der Waals surface area contributed by atoms with Crippen molar-refractivity contribution in [1.29, 1.82) is 0 Å². The Morgan fingerprint density at radius 1 is 1.16 bits per heavy atom. The van der Waals surface area contributed by atoms with Gasteiger partial charge in [-0.25, -0.2) is 4.39 Å². The number of carbonyl (C=O) groups excluding carboxylic acids is 1. The summed E-state index contributed by atoms with van der Waals surface area (Å²) in [4.78, 5) is 12.2. The molecule has 0 atom stereocenters. The summed E-state index contributed by atoms with van der Waals surface area (Å²) in [5.74, 6) is 0.717. The molecule has 0 fully saturated rings. The third-order valence-corrected chi connectivity index (χ3v) is 4.86. The number of hydrogen-bond acceptors (Lipinski definition) is 3. The van der Waals surface area contributed by atoms with E-state index >= 15 is 0 Å². The molecule has 0 bridgehead atoms. The lowest BCUT2D eigenvalue weighted by molar-refractivity contribution is -0.117. The van der Waals surface area contributed by atoms with Gasteiger partial charge in [-0.3, -0.25) is 9.48 Å². The Kier molecular flexibility index (Phi) is 7.01. The number of amides is 1. The van der Waals surface area contributed by atoms with E-state index in [-0.39, 0.29) is 23.7 Å². The van der Waals surface area contributed by atoms with E-state index in [4.69, 9.17) is 16.3 Å². The highest BCUT2D eigenvalue weighted by atomic mass is 35.5. The van der Waals surface area contributed by atoms with Gasteiger partial charge in [0.25, 0.3) is 0 Å². The molecule has 31 heavy (non-hydrogen) atoms. The molecule has 0 aliphatic carbocycles. The van der Waals surface area contributed by atoms with Crippen LogP contribution >= 0.6 is 11.6 Å². The maximum atomic E-state index is 13.9. The van der Waals surface area contributed by atoms with Crippen molar-refractivity contribution in [2.75, 3.05) is 5.32 Å². The maximum absolute atomic E-state index is 13.9. The molecule has 164 valence electrons. The molecule has 1 aromatic heterocycles. The standard InChI is InChI=1S/C24H27ClFN3O2/c1-16-11-22(27-23(30)13-24(2,3)4)28-29(16)14-18-12-19(25)9-10-21(18)31-15-17-7-5-6-8-20(17)26/h5-12H,13-15H2,1-4H3,(H,27,28,30). The van der Waals surface area contributed by atoms with Crippen LogP contribution in [0.5, 0.6) is 5.75 Å². The average Bonchev–Trinajstić information content (AvgIpc) is 2.99. The van der Waals surface area contributed by atoms with Gasteiger partial charge in [0, 0.05) is 34.3 Å². The summed E-state index contributed by atoms with van der Waals surface area (Å²) in [6, 6.07) is 13.6. The summed E-state index contributed by atoms with van der Waals surface area (Å²) in [6.07, 6.45) is 0.404. The van der Waals surface area contributed by atoms with Crippen molar-refractivity contribution >= 4 is 23.3 Å². The van der Waals surface area contributed by atoms with Crippen LogP contribution in [0.25, 0.3) is 0 Å². The van der Waals surface area contributed by atoms with Crippen LogP contribution in [0.15, 0.2) is 48.5 Å². The second kappa shape index (κ2) is 9.52. The topological polar surface area (TPSA) is 56.2 Å². The number of rotatable bonds is 7. The van der Waals surface area contributed by atoms with Gasteiger partial charge < -0.3 is 10.1 Å². The van der Waals surface area contributed by atoms with Crippen molar-refractivity contribution in [2.45, 2.75) is 47.3 Å². The van der Waals surface area contributed by atoms with Gasteiger partial charge in [0.15, 0.2) is 5.82 Å². The molecule has 1 amide bonds. The highest BCUT2D eigenvalue weighted by Gasteiger charge is 2.17. The van der Waals surface area contributed by atoms with Gasteiger partial charge in [-0.05, 0) is 36.6 Å². The number of benzene rings is 2. The molecule has 1 heterocycles. The van der Waals surface area contributed by atoms with E-state index in [1.165, 1.54) is 6.07 Å². The Hall–Kier alpha value is -2.86. The van der Waals surface area contributed by atoms with Crippen LogP contribution in [0.2, 0.25) is 5.02 Å². The lowest BCUT2D eigenvalue weighted by atomic mass is 9.92. The third-order valence-electron chi connectivity index (χ3n) is 4.62. The SMILES string of the molecule is Cc1cc(NC(=O)CC(C)(C)C)nn1Cc1cc(Cl)ccc1OCc1ccccc1F. The fraction of sp³-hybridized carbons (Fsp3) is 0.333. The number of nitrogens with one attached hydrogen (secondary N) is 1. The number of nitrogens with zero attached hydrogens (tertiary/aromatic N) is 2. The van der Waals surface area contributed by atoms with E-state index in [2.05, 4.69) is 10.4 Å². The first-order valence-corrected chi connectivity index (χ1v) is 10.5. The van der Waals surface area contributed by atoms with Gasteiger partial charge in [-0.15, -0.1) is 0 Å². The van der Waals surface area contributed by atoms with Crippen molar-refractivity contribution in [3.8, 4) is 5.75 Å². The summed E-state index contributed by atoms with van der Waals surface area (Å²) < 4.78 is 21.6. The zero-order valence-corrected chi connectivity index (χ0v) is 19.0. The minimum atomic E-state index is -0.309. The second-order valence-corrected chi connectivity index (χ2v) is 9.18. The minimum absolute atomic E-state index is 0.0752. The first-order valence-electron chi connectivity index (χ1n) is 10.1. The number of anilines is 1. The van der Waals surface area contributed by atoms with Crippen LogP contribution < -0.4 is 10.1 Å². The van der Waals surface area contributed by atoms with Crippen LogP contribution in [0, 0.1) is 18.2 Å². The molecule has 3 rings (SSSR count). The first-order chi connectivity index (χ1) is 14.6. The van der Waals surface area contributed by atoms with Gasteiger partial charge >= 0.3 is 0 Å². The Balaban J connectivity index is 1.75. The van der Waals surface area contributed by atoms with Gasteiger partial charge in [-0.1, -0.05) is 50.6 Å². The highest BCUT2D eigenvalue weighted by molar-refractivity contribution is 6.30. The van der Waals surface area contributed by atoms with E-state index in [1.807, 2.05) is 33.8 Å². The van der Waals surface area contributed by atoms with E-state index in [9.17, 15) is 9.18 Å². The van der Waals surface area contributed by atoms with Gasteiger partial charge in [0.1, 0.15) is 18.2 Å². The number of carbonyl (C=O) groups is 1. The molecule has 0 aliphatic heterocycles. The maximum Gasteiger partial charge on any atom is 0.226 e. The van der Waals surface area contributed by atoms with E-state index < -0.39 is 0 Å². The van der Waals surface area contributed by atoms with E-state index in [0.29, 0.717) is 35.1 Å². The fourth-order valence-corrected chi connectivity index (χ4v) is 3.34. The summed E-state index contributed by atoms with van der Waals surface area (Å²) in [5.41, 5.74) is 2.06. The zero-order valence-electron chi connectivity index (χ0n) is 18.2. The number of halogens is 2. The van der Waals surface area contributed by atoms with Crippen molar-refractivity contribution in [1.82, 2.24) is 9.78 Å². The van der Waals surface area contributed by atoms with Crippen LogP contribution in [-0.4, -0.2) is 15.7 Å². The summed E-state index contributed by atoms with van der Waals surface area (Å²) in [6.45, 7) is 8.45. The highest BCUT2D eigenvalue weighted by Crippen LogP contribution is 2.26. The molecule has 0 aliphatic rings. The normalized spacial score (nSPS) is 11.4. The number of aryl methyl sites for hydroxylation is 1. The zero-order chi connectivity index (χ0) is 22.6. The molecule has 0 saturated heterocycles. The summed E-state index contributed by atoms with van der Waals surface area (Å²) >= 11 is 6.20. The van der Waals surface area contributed by atoms with Crippen LogP contribution in [0.3, 0.4) is 0 Å². The number of hydrogen-bond donors (Lipinski definition) is 1. The monoisotopic (exact) mass is 443 g/mol. The molecule has 0 saturated carbocycles. The van der Waals surface area contributed by atoms with E-state index in [0.717, 1.165) is 11.3 Å². The van der Waals surface area contributed by atoms with Crippen molar-refractivity contribution in [2.24, 2.45) is 5.41 Å². The number of aromatic nitrogens is 2. The van der Waals surface area contributed by atoms with Crippen LogP contribution in [0.1, 0.15) is 44.0 Å². The smallest absolute Gasteiger partial charge is 0.226 e. The lowest BCUT2D eigenvalue weighted by Gasteiger charge is -2.16. The van der Waals surface area contributed by atoms with Crippen molar-refractivity contribution in [3.63, 3.8) is 0 Å². The molecular formula is C24H27ClFN3O2. The number of ether oxygens (including phenoxy) is 1. The predicted octanol–water partition coefficient (Wildman–Crippen LogP) is 5.99. The molecule has 0 spiro atoms. The molecule has 0 radical (unpaired) electrons. The van der Waals surface area contributed by atoms with Gasteiger partial charge in [-0.2, -0.15) is 5.10 Å². The van der Waals surface area contributed by atoms with Gasteiger partial charge in [0.2, 0.25) is 5.91 Å². The van der Waals surface area contributed by atoms with Crippen LogP contribution in [-0.2, 0) is 17.9 Å². The molecule has 0 unspecified atom stereocenters. The Bertz CT molecular complexity index is 1070. The first kappa shape index (κ1) is 22.8. The molecule has 7 heteroatoms. The Labute approximate surface area is 187 Å². The van der Waals surface area contributed by atoms with Crippen molar-refractivity contribution < 1.29 is 13.9 Å². The molecule has 3 aromatic rings. The predicted molar refractivity (Wildman–Crippen MR) is 121 cm³/mol. The fourth-order valence-electron chi connectivity index (χ4n) is 3.14. The van der Waals surface area contributed by atoms with Crippen LogP contribution in [0.4, 0.5) is 10.2 Å². The summed E-state index contributed by atoms with van der Waals surface area (Å²) in [7, 11) is 0. The minimum Gasteiger partial charge on any atom is -0.488 e. The quantitative estimate of drug-likeness (QED) is 0.488. The Morgan fingerprint density at radius 3 is 2.61 bits per heavy atom. The average molecular weight is 444 g/mol. The van der Waals surface area contributed by atoms with Gasteiger partial charge in [0.05, 0.1) is 6.54 Å². The van der Waals surface area contributed by atoms with E-state index in [1.54, 1.807) is 41.1 Å². The largest absolute Gasteiger partial charge is 0.488 e. The third kappa shape index (κ3) is 6.56. The van der Waals surface area contributed by atoms with Crippen molar-refractivity contribution in [3.05, 3.63) is 76.2 Å². The lowest BCUT2D eigenvalue weighted by Crippen LogP contribution is -2.20.